The number of rotatable bonds is 3. The van der Waals surface area contributed by atoms with Crippen molar-refractivity contribution in [2.75, 3.05) is 0 Å². The van der Waals surface area contributed by atoms with E-state index in [4.69, 9.17) is 15.0 Å². The molecule has 0 unspecified atom stereocenters. The van der Waals surface area contributed by atoms with Crippen LogP contribution in [0.15, 0.2) is 140 Å². The Hall–Kier alpha value is -5.71. The summed E-state index contributed by atoms with van der Waals surface area (Å²) in [7, 11) is 0. The molecule has 0 spiro atoms. The van der Waals surface area contributed by atoms with Crippen LogP contribution in [0.4, 0.5) is 0 Å². The summed E-state index contributed by atoms with van der Waals surface area (Å²) >= 11 is 1.84. The van der Waals surface area contributed by atoms with Gasteiger partial charge in [0.1, 0.15) is 0 Å². The molecule has 1 aliphatic rings. The fourth-order valence-corrected chi connectivity index (χ4v) is 8.29. The quantitative estimate of drug-likeness (QED) is 0.206. The average Bonchev–Trinajstić information content (AvgIpc) is 3.65. The summed E-state index contributed by atoms with van der Waals surface area (Å²) in [4.78, 5) is 15.2. The van der Waals surface area contributed by atoms with Crippen LogP contribution in [0.3, 0.4) is 0 Å². The van der Waals surface area contributed by atoms with Gasteiger partial charge in [-0.1, -0.05) is 121 Å². The highest BCUT2D eigenvalue weighted by atomic mass is 32.1. The van der Waals surface area contributed by atoms with E-state index < -0.39 is 0 Å². The normalized spacial score (nSPS) is 12.0. The molecule has 0 aliphatic heterocycles. The van der Waals surface area contributed by atoms with E-state index in [-0.39, 0.29) is 0 Å². The van der Waals surface area contributed by atoms with Gasteiger partial charge in [0.15, 0.2) is 17.5 Å². The standard InChI is InChI=1S/C41H23N3S/c1-2-11-25(12-3-1)39-42-40(27-21-20-24-10-4-5-13-26(24)22-27)44-41(43-39)33-19-9-17-31-35-23-34-29-15-7-6-14-28(29)30-16-8-18-32(36(30)34)38(35)45-37(31)33/h1-23H. The Balaban J connectivity index is 1.24. The van der Waals surface area contributed by atoms with E-state index in [2.05, 4.69) is 121 Å². The molecule has 7 aromatic carbocycles. The minimum atomic E-state index is 0.672. The molecule has 10 rings (SSSR count). The van der Waals surface area contributed by atoms with Crippen molar-refractivity contribution in [3.05, 3.63) is 140 Å². The number of thiophene rings is 1. The highest BCUT2D eigenvalue weighted by Gasteiger charge is 2.24. The van der Waals surface area contributed by atoms with Crippen molar-refractivity contribution in [3.8, 4) is 56.4 Å². The molecule has 2 heterocycles. The molecule has 9 aromatic rings. The minimum absolute atomic E-state index is 0.672. The largest absolute Gasteiger partial charge is 0.208 e. The summed E-state index contributed by atoms with van der Waals surface area (Å²) in [6.07, 6.45) is 0. The third-order valence-electron chi connectivity index (χ3n) is 9.04. The van der Waals surface area contributed by atoms with Crippen LogP contribution >= 0.6 is 11.3 Å². The molecule has 45 heavy (non-hydrogen) atoms. The molecular formula is C41H23N3S. The Bertz CT molecular complexity index is 2650. The first-order chi connectivity index (χ1) is 22.3. The SMILES string of the molecule is c1ccc(-c2nc(-c3ccc4ccccc4c3)nc(-c3cccc4c3sc3c5cccc6c5c(cc43)-c3ccccc3-6)n2)cc1. The molecule has 0 atom stereocenters. The molecule has 4 heteroatoms. The highest BCUT2D eigenvalue weighted by molar-refractivity contribution is 7.27. The highest BCUT2D eigenvalue weighted by Crippen LogP contribution is 2.52. The van der Waals surface area contributed by atoms with Gasteiger partial charge in [0.2, 0.25) is 0 Å². The lowest BCUT2D eigenvalue weighted by Crippen LogP contribution is -2.00. The summed E-state index contributed by atoms with van der Waals surface area (Å²) in [6, 6.07) is 49.5. The number of aromatic nitrogens is 3. The van der Waals surface area contributed by atoms with Gasteiger partial charge in [-0.3, -0.25) is 0 Å². The van der Waals surface area contributed by atoms with Gasteiger partial charge in [0.05, 0.1) is 0 Å². The van der Waals surface area contributed by atoms with E-state index in [1.807, 2.05) is 29.5 Å². The van der Waals surface area contributed by atoms with Gasteiger partial charge in [-0.15, -0.1) is 11.3 Å². The van der Waals surface area contributed by atoms with Crippen molar-refractivity contribution in [1.82, 2.24) is 15.0 Å². The maximum absolute atomic E-state index is 5.15. The van der Waals surface area contributed by atoms with Gasteiger partial charge in [0, 0.05) is 42.2 Å². The first-order valence-electron chi connectivity index (χ1n) is 15.1. The maximum Gasteiger partial charge on any atom is 0.165 e. The second kappa shape index (κ2) is 9.39. The van der Waals surface area contributed by atoms with E-state index in [9.17, 15) is 0 Å². The van der Waals surface area contributed by atoms with Crippen LogP contribution in [0, 0.1) is 0 Å². The fourth-order valence-electron chi connectivity index (χ4n) is 6.97. The lowest BCUT2D eigenvalue weighted by molar-refractivity contribution is 1.08. The minimum Gasteiger partial charge on any atom is -0.208 e. The van der Waals surface area contributed by atoms with Crippen LogP contribution < -0.4 is 0 Å². The van der Waals surface area contributed by atoms with Crippen molar-refractivity contribution in [2.24, 2.45) is 0 Å². The van der Waals surface area contributed by atoms with E-state index in [1.54, 1.807) is 0 Å². The topological polar surface area (TPSA) is 38.7 Å². The molecule has 0 saturated heterocycles. The molecule has 0 bridgehead atoms. The lowest BCUT2D eigenvalue weighted by atomic mass is 9.99. The average molecular weight is 590 g/mol. The van der Waals surface area contributed by atoms with E-state index >= 15 is 0 Å². The van der Waals surface area contributed by atoms with E-state index in [0.29, 0.717) is 17.5 Å². The van der Waals surface area contributed by atoms with Crippen LogP contribution in [0.25, 0.3) is 98.1 Å². The van der Waals surface area contributed by atoms with Gasteiger partial charge >= 0.3 is 0 Å². The number of hydrogen-bond acceptors (Lipinski definition) is 4. The zero-order valence-corrected chi connectivity index (χ0v) is 24.8. The molecule has 0 saturated carbocycles. The van der Waals surface area contributed by atoms with Crippen LogP contribution in [0.5, 0.6) is 0 Å². The van der Waals surface area contributed by atoms with Gasteiger partial charge < -0.3 is 0 Å². The van der Waals surface area contributed by atoms with Crippen LogP contribution in [-0.2, 0) is 0 Å². The summed E-state index contributed by atoms with van der Waals surface area (Å²) in [5, 5.41) is 7.52. The Morgan fingerprint density at radius 1 is 0.356 bits per heavy atom. The molecule has 0 radical (unpaired) electrons. The zero-order valence-electron chi connectivity index (χ0n) is 24.0. The number of benzene rings is 7. The zero-order chi connectivity index (χ0) is 29.5. The van der Waals surface area contributed by atoms with Crippen molar-refractivity contribution in [2.45, 2.75) is 0 Å². The third-order valence-corrected chi connectivity index (χ3v) is 10.3. The second-order valence-electron chi connectivity index (χ2n) is 11.6. The van der Waals surface area contributed by atoms with Crippen LogP contribution in [0.1, 0.15) is 0 Å². The van der Waals surface area contributed by atoms with Crippen LogP contribution in [0.2, 0.25) is 0 Å². The molecule has 208 valence electrons. The second-order valence-corrected chi connectivity index (χ2v) is 12.6. The summed E-state index contributed by atoms with van der Waals surface area (Å²) in [5.74, 6) is 2.03. The number of nitrogens with zero attached hydrogens (tertiary/aromatic N) is 3. The Kier molecular flexibility index (Phi) is 5.16. The van der Waals surface area contributed by atoms with Crippen LogP contribution in [-0.4, -0.2) is 15.0 Å². The third kappa shape index (κ3) is 3.67. The fraction of sp³-hybridized carbons (Fsp3) is 0. The van der Waals surface area contributed by atoms with Gasteiger partial charge in [-0.25, -0.2) is 15.0 Å². The Labute approximate surface area is 263 Å². The summed E-state index contributed by atoms with van der Waals surface area (Å²) in [6.45, 7) is 0. The van der Waals surface area contributed by atoms with Gasteiger partial charge in [-0.05, 0) is 56.6 Å². The molecule has 1 aliphatic carbocycles. The molecule has 2 aromatic heterocycles. The monoisotopic (exact) mass is 589 g/mol. The molecule has 0 amide bonds. The molecule has 0 N–H and O–H groups in total. The molecular weight excluding hydrogens is 567 g/mol. The summed E-state index contributed by atoms with van der Waals surface area (Å²) < 4.78 is 2.50. The Morgan fingerprint density at radius 3 is 1.84 bits per heavy atom. The molecule has 3 nitrogen and oxygen atoms in total. The first-order valence-corrected chi connectivity index (χ1v) is 15.9. The van der Waals surface area contributed by atoms with Gasteiger partial charge in [0.25, 0.3) is 0 Å². The predicted octanol–water partition coefficient (Wildman–Crippen LogP) is 11.2. The molecule has 0 fully saturated rings. The van der Waals surface area contributed by atoms with Crippen molar-refractivity contribution in [1.29, 1.82) is 0 Å². The maximum atomic E-state index is 5.15. The lowest BCUT2D eigenvalue weighted by Gasteiger charge is -2.09. The number of fused-ring (bicyclic) bond motifs is 8. The van der Waals surface area contributed by atoms with Crippen molar-refractivity contribution < 1.29 is 0 Å². The van der Waals surface area contributed by atoms with Gasteiger partial charge in [-0.2, -0.15) is 0 Å². The van der Waals surface area contributed by atoms with E-state index in [1.165, 1.54) is 58.6 Å². The smallest absolute Gasteiger partial charge is 0.165 e. The number of hydrogen-bond donors (Lipinski definition) is 0. The summed E-state index contributed by atoms with van der Waals surface area (Å²) in [5.41, 5.74) is 8.24. The van der Waals surface area contributed by atoms with E-state index in [0.717, 1.165) is 22.1 Å². The first kappa shape index (κ1) is 24.7. The predicted molar refractivity (Wildman–Crippen MR) is 188 cm³/mol. The van der Waals surface area contributed by atoms with Crippen molar-refractivity contribution >= 4 is 53.1 Å². The Morgan fingerprint density at radius 2 is 1.00 bits per heavy atom. The van der Waals surface area contributed by atoms with Crippen molar-refractivity contribution in [3.63, 3.8) is 0 Å².